The average molecular weight is 259 g/mol. The van der Waals surface area contributed by atoms with E-state index in [1.807, 2.05) is 19.3 Å². The highest BCUT2D eigenvalue weighted by molar-refractivity contribution is 5.42. The molecule has 0 saturated heterocycles. The number of rotatable bonds is 4. The van der Waals surface area contributed by atoms with Gasteiger partial charge in [-0.3, -0.25) is 4.68 Å². The van der Waals surface area contributed by atoms with Crippen molar-refractivity contribution in [2.45, 2.75) is 6.42 Å². The van der Waals surface area contributed by atoms with Crippen LogP contribution in [0, 0.1) is 0 Å². The molecule has 3 heterocycles. The van der Waals surface area contributed by atoms with Gasteiger partial charge in [-0.1, -0.05) is 0 Å². The van der Waals surface area contributed by atoms with Crippen LogP contribution in [0.1, 0.15) is 5.69 Å². The van der Waals surface area contributed by atoms with Crippen LogP contribution < -0.4 is 11.0 Å². The molecule has 0 fully saturated rings. The van der Waals surface area contributed by atoms with E-state index in [9.17, 15) is 4.79 Å². The van der Waals surface area contributed by atoms with Crippen LogP contribution in [0.2, 0.25) is 0 Å². The van der Waals surface area contributed by atoms with E-state index in [-0.39, 0.29) is 5.69 Å². The Morgan fingerprint density at radius 2 is 2.21 bits per heavy atom. The number of anilines is 1. The maximum absolute atomic E-state index is 11.4. The molecule has 3 rings (SSSR count). The van der Waals surface area contributed by atoms with Crippen molar-refractivity contribution in [1.82, 2.24) is 29.6 Å². The van der Waals surface area contributed by atoms with Gasteiger partial charge in [-0.15, -0.1) is 5.10 Å². The van der Waals surface area contributed by atoms with Crippen molar-refractivity contribution in [3.05, 3.63) is 40.6 Å². The molecule has 0 aliphatic carbocycles. The first-order valence-corrected chi connectivity index (χ1v) is 5.89. The summed E-state index contributed by atoms with van der Waals surface area (Å²) in [5.41, 5.74) is 1.17. The normalized spacial score (nSPS) is 11.0. The Balaban J connectivity index is 1.68. The number of aromatic amines is 1. The molecule has 0 spiro atoms. The Hall–Kier alpha value is -2.64. The first-order valence-electron chi connectivity index (χ1n) is 5.89. The summed E-state index contributed by atoms with van der Waals surface area (Å²) in [6.07, 6.45) is 2.70. The number of hydrogen-bond acceptors (Lipinski definition) is 5. The van der Waals surface area contributed by atoms with E-state index in [1.165, 1.54) is 4.52 Å². The minimum atomic E-state index is -0.344. The topological polar surface area (TPSA) is 92.9 Å². The van der Waals surface area contributed by atoms with Gasteiger partial charge in [0.15, 0.2) is 5.65 Å². The molecule has 8 heteroatoms. The number of fused-ring (bicyclic) bond motifs is 1. The summed E-state index contributed by atoms with van der Waals surface area (Å²) in [6.45, 7) is 0.697. The van der Waals surface area contributed by atoms with E-state index in [1.54, 1.807) is 16.8 Å². The second-order valence-electron chi connectivity index (χ2n) is 4.17. The van der Waals surface area contributed by atoms with Gasteiger partial charge in [0.25, 0.3) is 0 Å². The molecule has 0 bridgehead atoms. The maximum Gasteiger partial charge on any atom is 0.364 e. The molecule has 3 aromatic heterocycles. The molecule has 0 atom stereocenters. The van der Waals surface area contributed by atoms with Crippen molar-refractivity contribution < 1.29 is 0 Å². The second-order valence-corrected chi connectivity index (χ2v) is 4.17. The van der Waals surface area contributed by atoms with Gasteiger partial charge >= 0.3 is 5.69 Å². The predicted molar refractivity (Wildman–Crippen MR) is 69.0 cm³/mol. The number of aromatic nitrogens is 6. The fraction of sp³-hybridized carbons (Fsp3) is 0.273. The van der Waals surface area contributed by atoms with Crippen molar-refractivity contribution in [2.24, 2.45) is 7.05 Å². The maximum atomic E-state index is 11.4. The van der Waals surface area contributed by atoms with Gasteiger partial charge in [0.1, 0.15) is 5.82 Å². The Morgan fingerprint density at radius 1 is 1.32 bits per heavy atom. The predicted octanol–water partition coefficient (Wildman–Crippen LogP) is -0.194. The Bertz CT molecular complexity index is 754. The lowest BCUT2D eigenvalue weighted by Gasteiger charge is -2.03. The largest absolute Gasteiger partial charge is 0.368 e. The van der Waals surface area contributed by atoms with Crippen LogP contribution in [-0.2, 0) is 13.5 Å². The number of nitrogens with zero attached hydrogens (tertiary/aromatic N) is 5. The van der Waals surface area contributed by atoms with Gasteiger partial charge in [0.2, 0.25) is 0 Å². The van der Waals surface area contributed by atoms with Crippen LogP contribution in [0.25, 0.3) is 5.65 Å². The monoisotopic (exact) mass is 259 g/mol. The first-order chi connectivity index (χ1) is 9.22. The smallest absolute Gasteiger partial charge is 0.364 e. The lowest BCUT2D eigenvalue weighted by Crippen LogP contribution is -2.15. The summed E-state index contributed by atoms with van der Waals surface area (Å²) in [4.78, 5) is 11.4. The Labute approximate surface area is 108 Å². The SMILES string of the molecule is Cn1ccc(CCNc2ccc3n[nH]c(=O)n3n2)n1. The molecule has 2 N–H and O–H groups in total. The molecule has 0 aromatic carbocycles. The molecule has 0 saturated carbocycles. The van der Waals surface area contributed by atoms with Crippen LogP contribution in [-0.4, -0.2) is 36.1 Å². The van der Waals surface area contributed by atoms with Crippen LogP contribution in [0.15, 0.2) is 29.2 Å². The summed E-state index contributed by atoms with van der Waals surface area (Å²) in [6, 6.07) is 5.49. The van der Waals surface area contributed by atoms with E-state index >= 15 is 0 Å². The molecule has 0 aliphatic rings. The molecule has 8 nitrogen and oxygen atoms in total. The van der Waals surface area contributed by atoms with Gasteiger partial charge in [0, 0.05) is 26.2 Å². The van der Waals surface area contributed by atoms with Crippen LogP contribution in [0.3, 0.4) is 0 Å². The van der Waals surface area contributed by atoms with E-state index in [0.29, 0.717) is 18.0 Å². The fourth-order valence-electron chi connectivity index (χ4n) is 1.81. The highest BCUT2D eigenvalue weighted by Crippen LogP contribution is 2.03. The lowest BCUT2D eigenvalue weighted by molar-refractivity contribution is 0.741. The Kier molecular flexibility index (Phi) is 2.75. The second kappa shape index (κ2) is 4.56. The number of H-pyrrole nitrogens is 1. The van der Waals surface area contributed by atoms with E-state index in [2.05, 4.69) is 25.7 Å². The highest BCUT2D eigenvalue weighted by atomic mass is 16.2. The van der Waals surface area contributed by atoms with Crippen molar-refractivity contribution in [3.8, 4) is 0 Å². The first kappa shape index (κ1) is 11.5. The van der Waals surface area contributed by atoms with Gasteiger partial charge < -0.3 is 5.32 Å². The molecular weight excluding hydrogens is 246 g/mol. The zero-order valence-electron chi connectivity index (χ0n) is 10.4. The third-order valence-corrected chi connectivity index (χ3v) is 2.73. The summed E-state index contributed by atoms with van der Waals surface area (Å²) in [5.74, 6) is 0.631. The van der Waals surface area contributed by atoms with Crippen LogP contribution >= 0.6 is 0 Å². The zero-order chi connectivity index (χ0) is 13.2. The molecule has 19 heavy (non-hydrogen) atoms. The summed E-state index contributed by atoms with van der Waals surface area (Å²) in [7, 11) is 1.89. The number of aryl methyl sites for hydroxylation is 1. The zero-order valence-corrected chi connectivity index (χ0v) is 10.4. The Morgan fingerprint density at radius 3 is 3.00 bits per heavy atom. The minimum Gasteiger partial charge on any atom is -0.368 e. The van der Waals surface area contributed by atoms with E-state index in [0.717, 1.165) is 12.1 Å². The fourth-order valence-corrected chi connectivity index (χ4v) is 1.81. The summed E-state index contributed by atoms with van der Waals surface area (Å²) < 4.78 is 2.99. The quantitative estimate of drug-likeness (QED) is 0.677. The van der Waals surface area contributed by atoms with Gasteiger partial charge in [-0.2, -0.15) is 14.7 Å². The lowest BCUT2D eigenvalue weighted by atomic mass is 10.3. The average Bonchev–Trinajstić information content (AvgIpc) is 2.97. The molecule has 0 radical (unpaired) electrons. The highest BCUT2D eigenvalue weighted by Gasteiger charge is 2.02. The van der Waals surface area contributed by atoms with Gasteiger partial charge in [0.05, 0.1) is 5.69 Å². The van der Waals surface area contributed by atoms with Crippen LogP contribution in [0.5, 0.6) is 0 Å². The van der Waals surface area contributed by atoms with Gasteiger partial charge in [-0.05, 0) is 18.2 Å². The molecule has 3 aromatic rings. The standard InChI is InChI=1S/C11H13N7O/c1-17-7-5-8(15-17)4-6-12-9-2-3-10-13-14-11(19)18(10)16-9/h2-3,5,7H,4,6H2,1H3,(H,12,16)(H,14,19). The van der Waals surface area contributed by atoms with Crippen molar-refractivity contribution in [1.29, 1.82) is 0 Å². The molecular formula is C11H13N7O. The van der Waals surface area contributed by atoms with Crippen molar-refractivity contribution in [3.63, 3.8) is 0 Å². The molecule has 0 aliphatic heterocycles. The number of hydrogen-bond donors (Lipinski definition) is 2. The van der Waals surface area contributed by atoms with Crippen molar-refractivity contribution >= 4 is 11.5 Å². The minimum absolute atomic E-state index is 0.344. The van der Waals surface area contributed by atoms with E-state index in [4.69, 9.17) is 0 Å². The summed E-state index contributed by atoms with van der Waals surface area (Å²) >= 11 is 0. The van der Waals surface area contributed by atoms with Crippen molar-refractivity contribution in [2.75, 3.05) is 11.9 Å². The third-order valence-electron chi connectivity index (χ3n) is 2.73. The molecule has 0 amide bonds. The van der Waals surface area contributed by atoms with E-state index < -0.39 is 0 Å². The van der Waals surface area contributed by atoms with Gasteiger partial charge in [-0.25, -0.2) is 9.89 Å². The molecule has 0 unspecified atom stereocenters. The number of nitrogens with one attached hydrogen (secondary N) is 2. The summed E-state index contributed by atoms with van der Waals surface area (Å²) in [5, 5.41) is 17.7. The third kappa shape index (κ3) is 2.32. The van der Waals surface area contributed by atoms with Crippen LogP contribution in [0.4, 0.5) is 5.82 Å². The molecule has 98 valence electrons.